The number of phosphoric ester groups is 2. The summed E-state index contributed by atoms with van der Waals surface area (Å²) in [6, 6.07) is 0. The molecule has 0 spiro atoms. The Morgan fingerprint density at radius 1 is 0.307 bits per heavy atom. The zero-order valence-electron chi connectivity index (χ0n) is 65.7. The molecule has 5 atom stereocenters. The third-order valence-electron chi connectivity index (χ3n) is 18.6. The fourth-order valence-electron chi connectivity index (χ4n) is 12.2. The van der Waals surface area contributed by atoms with E-state index in [0.717, 1.165) is 115 Å². The Morgan fingerprint density at radius 3 is 0.812 bits per heavy atom. The number of rotatable bonds is 79. The lowest BCUT2D eigenvalue weighted by Gasteiger charge is -2.21. The number of aliphatic hydroxyl groups is 1. The summed E-state index contributed by atoms with van der Waals surface area (Å²) < 4.78 is 68.7. The van der Waals surface area contributed by atoms with Crippen molar-refractivity contribution in [2.75, 3.05) is 39.6 Å². The van der Waals surface area contributed by atoms with Crippen LogP contribution in [0.25, 0.3) is 0 Å². The molecule has 0 saturated carbocycles. The Hall–Kier alpha value is -2.46. The summed E-state index contributed by atoms with van der Waals surface area (Å²) in [6.45, 7) is 9.55. The molecule has 2 unspecified atom stereocenters. The second kappa shape index (κ2) is 73.1. The molecule has 0 aromatic rings. The molecule has 0 fully saturated rings. The van der Waals surface area contributed by atoms with Crippen LogP contribution in [0, 0.1) is 11.8 Å². The van der Waals surface area contributed by atoms with Crippen LogP contribution in [0.15, 0.2) is 24.3 Å². The SMILES string of the molecule is CCCCCC/C=C\C=C/CCCCCCCC(=O)O[C@H](COC(=O)CCCCCCCCCC(C)C)COP(=O)(O)OC[C@H](O)COP(=O)(O)OC[C@@H](COC(=O)CCCCCCCCCCCCCCCCCCC)OC(=O)CCCCCCCCCCCCCCCCCCC(C)C. The van der Waals surface area contributed by atoms with E-state index in [1.54, 1.807) is 0 Å². The Labute approximate surface area is 618 Å². The zero-order chi connectivity index (χ0) is 74.2. The molecule has 17 nitrogen and oxygen atoms in total. The van der Waals surface area contributed by atoms with Gasteiger partial charge in [0.05, 0.1) is 26.4 Å². The average Bonchev–Trinajstić information content (AvgIpc) is 1.09. The normalized spacial score (nSPS) is 14.0. The predicted octanol–water partition coefficient (Wildman–Crippen LogP) is 24.2. The smallest absolute Gasteiger partial charge is 0.462 e. The van der Waals surface area contributed by atoms with Gasteiger partial charge in [0.2, 0.25) is 0 Å². The molecule has 0 radical (unpaired) electrons. The summed E-state index contributed by atoms with van der Waals surface area (Å²) in [4.78, 5) is 73.0. The van der Waals surface area contributed by atoms with Crippen molar-refractivity contribution in [1.29, 1.82) is 0 Å². The van der Waals surface area contributed by atoms with Crippen LogP contribution in [0.5, 0.6) is 0 Å². The van der Waals surface area contributed by atoms with Crippen LogP contribution in [0.2, 0.25) is 0 Å². The highest BCUT2D eigenvalue weighted by atomic mass is 31.2. The summed E-state index contributed by atoms with van der Waals surface area (Å²) in [5.41, 5.74) is 0. The van der Waals surface area contributed by atoms with Gasteiger partial charge in [0, 0.05) is 25.7 Å². The van der Waals surface area contributed by atoms with Crippen molar-refractivity contribution in [3.63, 3.8) is 0 Å². The second-order valence-corrected chi connectivity index (χ2v) is 32.7. The van der Waals surface area contributed by atoms with Gasteiger partial charge in [-0.3, -0.25) is 37.3 Å². The maximum absolute atomic E-state index is 13.1. The molecule has 0 aliphatic carbocycles. The third kappa shape index (κ3) is 75.6. The number of allylic oxidation sites excluding steroid dienone is 4. The molecular formula is C82H156O17P2. The van der Waals surface area contributed by atoms with Gasteiger partial charge in [0.15, 0.2) is 12.2 Å². The number of hydrogen-bond donors (Lipinski definition) is 3. The van der Waals surface area contributed by atoms with Crippen molar-refractivity contribution in [2.24, 2.45) is 11.8 Å². The van der Waals surface area contributed by atoms with Crippen molar-refractivity contribution >= 4 is 39.5 Å². The minimum Gasteiger partial charge on any atom is -0.462 e. The Morgan fingerprint density at radius 2 is 0.535 bits per heavy atom. The molecule has 0 amide bonds. The summed E-state index contributed by atoms with van der Waals surface area (Å²) in [7, 11) is -9.93. The fraction of sp³-hybridized carbons (Fsp3) is 0.902. The van der Waals surface area contributed by atoms with Crippen LogP contribution in [-0.4, -0.2) is 96.7 Å². The molecule has 0 aliphatic rings. The lowest BCUT2D eigenvalue weighted by Crippen LogP contribution is -2.30. The van der Waals surface area contributed by atoms with Crippen molar-refractivity contribution in [3.8, 4) is 0 Å². The van der Waals surface area contributed by atoms with Crippen molar-refractivity contribution < 1.29 is 80.2 Å². The second-order valence-electron chi connectivity index (χ2n) is 29.8. The van der Waals surface area contributed by atoms with Crippen LogP contribution in [0.1, 0.15) is 408 Å². The first-order valence-corrected chi connectivity index (χ1v) is 44.8. The number of carbonyl (C=O) groups is 4. The number of hydrogen-bond acceptors (Lipinski definition) is 15. The first-order valence-electron chi connectivity index (χ1n) is 41.8. The first-order chi connectivity index (χ1) is 48.9. The number of ether oxygens (including phenoxy) is 4. The van der Waals surface area contributed by atoms with Gasteiger partial charge >= 0.3 is 39.5 Å². The molecule has 0 aliphatic heterocycles. The minimum absolute atomic E-state index is 0.0844. The molecule has 19 heteroatoms. The van der Waals surface area contributed by atoms with Gasteiger partial charge in [-0.05, 0) is 63.2 Å². The summed E-state index contributed by atoms with van der Waals surface area (Å²) in [5.74, 6) is -0.629. The maximum atomic E-state index is 13.1. The Balaban J connectivity index is 5.27. The monoisotopic (exact) mass is 1480 g/mol. The van der Waals surface area contributed by atoms with E-state index in [4.69, 9.17) is 37.0 Å². The first kappa shape index (κ1) is 98.5. The average molecular weight is 1480 g/mol. The van der Waals surface area contributed by atoms with Gasteiger partial charge < -0.3 is 33.8 Å². The number of aliphatic hydroxyl groups excluding tert-OH is 1. The standard InChI is InChI=1S/C82H156O17P2/c1-7-9-11-13-15-17-19-21-23-24-29-32-36-40-46-52-58-64-79(84)92-70-77(98-81(86)67-61-55-48-42-38-34-30-26-25-28-31-35-39-44-50-56-62-74(3)4)72-96-100(88,89)94-68-76(83)69-95-101(90,91)97-73-78(71-93-80(85)65-59-53-49-43-45-51-57-63-75(5)6)99-82(87)66-60-54-47-41-37-33-27-22-20-18-16-14-12-10-8-2/h18,20,22,27,74-78,83H,7-17,19,21,23-26,28-73H2,1-6H3,(H,88,89)(H,90,91)/b20-18-,27-22-/t76-,77-,78-/m1/s1. The number of phosphoric acid groups is 2. The van der Waals surface area contributed by atoms with E-state index in [0.29, 0.717) is 31.6 Å². The molecule has 0 heterocycles. The summed E-state index contributed by atoms with van der Waals surface area (Å²) in [5, 5.41) is 10.6. The fourth-order valence-corrected chi connectivity index (χ4v) is 13.8. The molecule has 3 N–H and O–H groups in total. The highest BCUT2D eigenvalue weighted by Crippen LogP contribution is 2.45. The van der Waals surface area contributed by atoms with Gasteiger partial charge in [-0.1, -0.05) is 355 Å². The van der Waals surface area contributed by atoms with Crippen LogP contribution >= 0.6 is 15.6 Å². The van der Waals surface area contributed by atoms with E-state index in [1.807, 2.05) is 0 Å². The molecular weight excluding hydrogens is 1320 g/mol. The summed E-state index contributed by atoms with van der Waals surface area (Å²) in [6.07, 6.45) is 66.1. The molecule has 101 heavy (non-hydrogen) atoms. The van der Waals surface area contributed by atoms with Gasteiger partial charge in [-0.15, -0.1) is 0 Å². The van der Waals surface area contributed by atoms with Gasteiger partial charge in [-0.2, -0.15) is 0 Å². The number of unbranched alkanes of at least 4 members (excludes halogenated alkanes) is 46. The van der Waals surface area contributed by atoms with Crippen molar-refractivity contribution in [3.05, 3.63) is 24.3 Å². The van der Waals surface area contributed by atoms with Crippen molar-refractivity contribution in [1.82, 2.24) is 0 Å². The number of esters is 4. The molecule has 0 bridgehead atoms. The molecule has 0 saturated heterocycles. The van der Waals surface area contributed by atoms with Crippen LogP contribution < -0.4 is 0 Å². The largest absolute Gasteiger partial charge is 0.472 e. The van der Waals surface area contributed by atoms with Crippen LogP contribution in [0.3, 0.4) is 0 Å². The van der Waals surface area contributed by atoms with Gasteiger partial charge in [-0.25, -0.2) is 9.13 Å². The number of carbonyl (C=O) groups excluding carboxylic acids is 4. The lowest BCUT2D eigenvalue weighted by atomic mass is 10.0. The quantitative estimate of drug-likeness (QED) is 0.0169. The zero-order valence-corrected chi connectivity index (χ0v) is 67.5. The molecule has 596 valence electrons. The van der Waals surface area contributed by atoms with Crippen LogP contribution in [0.4, 0.5) is 0 Å². The van der Waals surface area contributed by atoms with E-state index in [1.165, 1.54) is 205 Å². The van der Waals surface area contributed by atoms with E-state index in [-0.39, 0.29) is 25.7 Å². The van der Waals surface area contributed by atoms with E-state index in [2.05, 4.69) is 65.8 Å². The van der Waals surface area contributed by atoms with Gasteiger partial charge in [0.25, 0.3) is 0 Å². The Kier molecular flexibility index (Phi) is 71.3. The molecule has 0 rings (SSSR count). The van der Waals surface area contributed by atoms with Gasteiger partial charge in [0.1, 0.15) is 19.3 Å². The highest BCUT2D eigenvalue weighted by Gasteiger charge is 2.30. The predicted molar refractivity (Wildman–Crippen MR) is 414 cm³/mol. The van der Waals surface area contributed by atoms with Crippen LogP contribution in [-0.2, 0) is 65.4 Å². The maximum Gasteiger partial charge on any atom is 0.472 e. The van der Waals surface area contributed by atoms with E-state index >= 15 is 0 Å². The Bertz CT molecular complexity index is 2040. The van der Waals surface area contributed by atoms with Crippen molar-refractivity contribution in [2.45, 2.75) is 426 Å². The van der Waals surface area contributed by atoms with E-state index in [9.17, 15) is 43.2 Å². The highest BCUT2D eigenvalue weighted by molar-refractivity contribution is 7.47. The lowest BCUT2D eigenvalue weighted by molar-refractivity contribution is -0.161. The topological polar surface area (TPSA) is 237 Å². The molecule has 0 aromatic heterocycles. The summed E-state index contributed by atoms with van der Waals surface area (Å²) >= 11 is 0. The molecule has 0 aromatic carbocycles. The minimum atomic E-state index is -4.97. The van der Waals surface area contributed by atoms with E-state index < -0.39 is 97.5 Å². The third-order valence-corrected chi connectivity index (χ3v) is 20.5.